The molecule has 0 N–H and O–H groups in total. The summed E-state index contributed by atoms with van der Waals surface area (Å²) >= 11 is 1.69. The van der Waals surface area contributed by atoms with Crippen LogP contribution in [-0.2, 0) is 9.53 Å². The van der Waals surface area contributed by atoms with Gasteiger partial charge in [-0.2, -0.15) is 11.8 Å². The number of carbonyl (C=O) groups is 1. The van der Waals surface area contributed by atoms with E-state index < -0.39 is 0 Å². The van der Waals surface area contributed by atoms with Crippen LogP contribution in [0, 0.1) is 11.3 Å². The van der Waals surface area contributed by atoms with Crippen LogP contribution >= 0.6 is 11.8 Å². The number of hydrogen-bond donors (Lipinski definition) is 0. The van der Waals surface area contributed by atoms with Crippen molar-refractivity contribution in [3.63, 3.8) is 0 Å². The van der Waals surface area contributed by atoms with Gasteiger partial charge in [-0.05, 0) is 18.1 Å². The van der Waals surface area contributed by atoms with Gasteiger partial charge in [0, 0.05) is 5.75 Å². The Hall–Kier alpha value is -0.180. The SMILES string of the molecule is COC(=O)C(CSC)CC(C)(C)C. The molecule has 0 rings (SSSR count). The highest BCUT2D eigenvalue weighted by atomic mass is 32.2. The Kier molecular flexibility index (Phi) is 5.45. The van der Waals surface area contributed by atoms with E-state index in [1.54, 1.807) is 11.8 Å². The maximum absolute atomic E-state index is 11.3. The predicted molar refractivity (Wildman–Crippen MR) is 58.0 cm³/mol. The third kappa shape index (κ3) is 5.97. The third-order valence-electron chi connectivity index (χ3n) is 1.76. The first-order valence-electron chi connectivity index (χ1n) is 4.47. The molecule has 1 atom stereocenters. The minimum Gasteiger partial charge on any atom is -0.469 e. The lowest BCUT2D eigenvalue weighted by Crippen LogP contribution is -2.24. The van der Waals surface area contributed by atoms with Crippen molar-refractivity contribution >= 4 is 17.7 Å². The van der Waals surface area contributed by atoms with Crippen LogP contribution in [0.2, 0.25) is 0 Å². The van der Waals surface area contributed by atoms with E-state index in [4.69, 9.17) is 4.74 Å². The maximum atomic E-state index is 11.3. The number of thioether (sulfide) groups is 1. The fraction of sp³-hybridized carbons (Fsp3) is 0.900. The lowest BCUT2D eigenvalue weighted by atomic mass is 9.85. The zero-order valence-electron chi connectivity index (χ0n) is 9.22. The van der Waals surface area contributed by atoms with Crippen molar-refractivity contribution in [2.75, 3.05) is 19.1 Å². The Bertz CT molecular complexity index is 161. The molecule has 0 bridgehead atoms. The summed E-state index contributed by atoms with van der Waals surface area (Å²) in [5.41, 5.74) is 0.189. The monoisotopic (exact) mass is 204 g/mol. The van der Waals surface area contributed by atoms with Gasteiger partial charge in [-0.25, -0.2) is 0 Å². The Morgan fingerprint density at radius 1 is 1.46 bits per heavy atom. The number of esters is 1. The Balaban J connectivity index is 4.17. The second kappa shape index (κ2) is 5.53. The normalized spacial score (nSPS) is 13.9. The summed E-state index contributed by atoms with van der Waals surface area (Å²) in [5.74, 6) is 0.813. The summed E-state index contributed by atoms with van der Waals surface area (Å²) in [7, 11) is 1.46. The minimum absolute atomic E-state index is 0.0417. The molecule has 0 amide bonds. The predicted octanol–water partition coefficient (Wildman–Crippen LogP) is 2.57. The Morgan fingerprint density at radius 2 is 2.00 bits per heavy atom. The standard InChI is InChI=1S/C10H20O2S/c1-10(2,3)6-8(7-13-5)9(11)12-4/h8H,6-7H2,1-5H3. The zero-order chi connectivity index (χ0) is 10.5. The number of ether oxygens (including phenoxy) is 1. The van der Waals surface area contributed by atoms with E-state index in [1.165, 1.54) is 7.11 Å². The molecule has 0 aromatic rings. The molecule has 3 heteroatoms. The average Bonchev–Trinajstić information content (AvgIpc) is 2.00. The van der Waals surface area contributed by atoms with E-state index in [2.05, 4.69) is 20.8 Å². The molecule has 0 spiro atoms. The van der Waals surface area contributed by atoms with Crippen molar-refractivity contribution < 1.29 is 9.53 Å². The quantitative estimate of drug-likeness (QED) is 0.658. The van der Waals surface area contributed by atoms with E-state index in [0.29, 0.717) is 0 Å². The maximum Gasteiger partial charge on any atom is 0.309 e. The second-order valence-electron chi connectivity index (χ2n) is 4.44. The van der Waals surface area contributed by atoms with Crippen LogP contribution in [0.15, 0.2) is 0 Å². The van der Waals surface area contributed by atoms with Crippen molar-refractivity contribution in [2.24, 2.45) is 11.3 Å². The fourth-order valence-electron chi connectivity index (χ4n) is 1.32. The van der Waals surface area contributed by atoms with Crippen molar-refractivity contribution in [2.45, 2.75) is 27.2 Å². The molecule has 0 saturated heterocycles. The van der Waals surface area contributed by atoms with Gasteiger partial charge >= 0.3 is 5.97 Å². The van der Waals surface area contributed by atoms with Gasteiger partial charge in [0.15, 0.2) is 0 Å². The summed E-state index contributed by atoms with van der Waals surface area (Å²) in [4.78, 5) is 11.3. The third-order valence-corrected chi connectivity index (χ3v) is 2.50. The van der Waals surface area contributed by atoms with Gasteiger partial charge in [-0.3, -0.25) is 4.79 Å². The largest absolute Gasteiger partial charge is 0.469 e. The number of rotatable bonds is 4. The number of carbonyl (C=O) groups excluding carboxylic acids is 1. The molecular weight excluding hydrogens is 184 g/mol. The molecule has 0 radical (unpaired) electrons. The molecule has 13 heavy (non-hydrogen) atoms. The van der Waals surface area contributed by atoms with Crippen molar-refractivity contribution in [3.8, 4) is 0 Å². The summed E-state index contributed by atoms with van der Waals surface area (Å²) in [6, 6.07) is 0. The molecule has 78 valence electrons. The van der Waals surface area contributed by atoms with Crippen LogP contribution in [0.1, 0.15) is 27.2 Å². The summed E-state index contributed by atoms with van der Waals surface area (Å²) in [6.45, 7) is 6.43. The molecule has 0 heterocycles. The highest BCUT2D eigenvalue weighted by Gasteiger charge is 2.24. The van der Waals surface area contributed by atoms with Gasteiger partial charge in [0.1, 0.15) is 0 Å². The van der Waals surface area contributed by atoms with E-state index >= 15 is 0 Å². The molecular formula is C10H20O2S. The molecule has 0 aliphatic rings. The van der Waals surface area contributed by atoms with E-state index in [0.717, 1.165) is 12.2 Å². The average molecular weight is 204 g/mol. The summed E-state index contributed by atoms with van der Waals surface area (Å²) in [6.07, 6.45) is 2.90. The zero-order valence-corrected chi connectivity index (χ0v) is 10.0. The molecule has 0 fully saturated rings. The molecule has 0 aromatic heterocycles. The fourth-order valence-corrected chi connectivity index (χ4v) is 1.97. The number of methoxy groups -OCH3 is 1. The van der Waals surface area contributed by atoms with Gasteiger partial charge in [0.2, 0.25) is 0 Å². The molecule has 0 aliphatic carbocycles. The lowest BCUT2D eigenvalue weighted by Gasteiger charge is -2.23. The summed E-state index contributed by atoms with van der Waals surface area (Å²) < 4.78 is 4.76. The van der Waals surface area contributed by atoms with Gasteiger partial charge in [0.25, 0.3) is 0 Å². The minimum atomic E-state index is -0.0794. The van der Waals surface area contributed by atoms with Crippen LogP contribution in [-0.4, -0.2) is 25.1 Å². The Labute approximate surface area is 85.4 Å². The van der Waals surface area contributed by atoms with E-state index in [1.807, 2.05) is 6.26 Å². The van der Waals surface area contributed by atoms with E-state index in [9.17, 15) is 4.79 Å². The molecule has 2 nitrogen and oxygen atoms in total. The second-order valence-corrected chi connectivity index (χ2v) is 5.35. The van der Waals surface area contributed by atoms with Crippen LogP contribution in [0.5, 0.6) is 0 Å². The van der Waals surface area contributed by atoms with Crippen molar-refractivity contribution in [3.05, 3.63) is 0 Å². The van der Waals surface area contributed by atoms with Crippen LogP contribution < -0.4 is 0 Å². The first-order chi connectivity index (χ1) is 5.90. The van der Waals surface area contributed by atoms with E-state index in [-0.39, 0.29) is 17.3 Å². The molecule has 0 aromatic carbocycles. The lowest BCUT2D eigenvalue weighted by molar-refractivity contribution is -0.145. The van der Waals surface area contributed by atoms with Gasteiger partial charge in [-0.1, -0.05) is 20.8 Å². The van der Waals surface area contributed by atoms with Crippen molar-refractivity contribution in [1.82, 2.24) is 0 Å². The van der Waals surface area contributed by atoms with Crippen LogP contribution in [0.4, 0.5) is 0 Å². The molecule has 0 aliphatic heterocycles. The molecule has 1 unspecified atom stereocenters. The van der Waals surface area contributed by atoms with Gasteiger partial charge in [0.05, 0.1) is 13.0 Å². The first kappa shape index (κ1) is 12.8. The van der Waals surface area contributed by atoms with Gasteiger partial charge < -0.3 is 4.74 Å². The highest BCUT2D eigenvalue weighted by Crippen LogP contribution is 2.26. The Morgan fingerprint density at radius 3 is 2.31 bits per heavy atom. The van der Waals surface area contributed by atoms with Gasteiger partial charge in [-0.15, -0.1) is 0 Å². The van der Waals surface area contributed by atoms with Crippen molar-refractivity contribution in [1.29, 1.82) is 0 Å². The topological polar surface area (TPSA) is 26.3 Å². The summed E-state index contributed by atoms with van der Waals surface area (Å²) in [5, 5.41) is 0. The first-order valence-corrected chi connectivity index (χ1v) is 5.87. The highest BCUT2D eigenvalue weighted by molar-refractivity contribution is 7.98. The van der Waals surface area contributed by atoms with Crippen LogP contribution in [0.25, 0.3) is 0 Å². The van der Waals surface area contributed by atoms with Crippen LogP contribution in [0.3, 0.4) is 0 Å². The molecule has 0 saturated carbocycles. The smallest absolute Gasteiger partial charge is 0.309 e. The number of hydrogen-bond acceptors (Lipinski definition) is 3.